The molecule has 1 aliphatic heterocycles. The van der Waals surface area contributed by atoms with Crippen molar-refractivity contribution in [2.24, 2.45) is 5.92 Å². The molecule has 20 heavy (non-hydrogen) atoms. The molecular formula is C16H23ClN2O. The van der Waals surface area contributed by atoms with Crippen LogP contribution in [0.25, 0.3) is 0 Å². The van der Waals surface area contributed by atoms with Crippen LogP contribution in [0, 0.1) is 5.92 Å². The Morgan fingerprint density at radius 3 is 2.60 bits per heavy atom. The number of urea groups is 1. The molecule has 110 valence electrons. The van der Waals surface area contributed by atoms with Gasteiger partial charge < -0.3 is 10.2 Å². The van der Waals surface area contributed by atoms with Gasteiger partial charge in [0, 0.05) is 30.1 Å². The molecule has 0 spiro atoms. The molecule has 1 saturated heterocycles. The number of halogens is 1. The van der Waals surface area contributed by atoms with Crippen molar-refractivity contribution in [2.45, 2.75) is 32.6 Å². The van der Waals surface area contributed by atoms with E-state index in [2.05, 4.69) is 26.1 Å². The molecular weight excluding hydrogens is 272 g/mol. The van der Waals surface area contributed by atoms with E-state index >= 15 is 0 Å². The molecule has 0 saturated carbocycles. The minimum atomic E-state index is -0.106. The molecule has 1 atom stereocenters. The predicted molar refractivity (Wildman–Crippen MR) is 83.2 cm³/mol. The van der Waals surface area contributed by atoms with E-state index in [0.29, 0.717) is 12.5 Å². The Labute approximate surface area is 126 Å². The topological polar surface area (TPSA) is 32.3 Å². The summed E-state index contributed by atoms with van der Waals surface area (Å²) < 4.78 is 0. The maximum Gasteiger partial charge on any atom is 0.317 e. The third-order valence-corrected chi connectivity index (χ3v) is 4.27. The van der Waals surface area contributed by atoms with E-state index in [-0.39, 0.29) is 11.4 Å². The summed E-state index contributed by atoms with van der Waals surface area (Å²) in [6, 6.07) is 7.88. The number of amides is 2. The van der Waals surface area contributed by atoms with Crippen LogP contribution in [0.3, 0.4) is 0 Å². The lowest BCUT2D eigenvalue weighted by molar-refractivity contribution is 0.205. The highest BCUT2D eigenvalue weighted by molar-refractivity contribution is 6.30. The van der Waals surface area contributed by atoms with Crippen molar-refractivity contribution in [3.05, 3.63) is 34.9 Å². The van der Waals surface area contributed by atoms with E-state index in [1.165, 1.54) is 5.56 Å². The Bertz CT molecular complexity index is 470. The van der Waals surface area contributed by atoms with Crippen molar-refractivity contribution in [3.63, 3.8) is 0 Å². The van der Waals surface area contributed by atoms with Crippen LogP contribution in [0.2, 0.25) is 5.02 Å². The molecule has 2 amide bonds. The Kier molecular flexibility index (Phi) is 4.59. The van der Waals surface area contributed by atoms with Gasteiger partial charge in [-0.1, -0.05) is 44.5 Å². The SMILES string of the molecule is CC1CCN(C(=O)NCC(C)(C)c2ccc(Cl)cc2)C1. The summed E-state index contributed by atoms with van der Waals surface area (Å²) in [7, 11) is 0. The van der Waals surface area contributed by atoms with Gasteiger partial charge in [-0.3, -0.25) is 0 Å². The maximum atomic E-state index is 12.1. The molecule has 1 aromatic carbocycles. The molecule has 4 heteroatoms. The van der Waals surface area contributed by atoms with Gasteiger partial charge in [-0.15, -0.1) is 0 Å². The molecule has 1 N–H and O–H groups in total. The first-order valence-electron chi connectivity index (χ1n) is 7.17. The first-order chi connectivity index (χ1) is 9.38. The fraction of sp³-hybridized carbons (Fsp3) is 0.562. The standard InChI is InChI=1S/C16H23ClN2O/c1-12-8-9-19(10-12)15(20)18-11-16(2,3)13-4-6-14(17)7-5-13/h4-7,12H,8-11H2,1-3H3,(H,18,20). The van der Waals surface area contributed by atoms with Crippen LogP contribution in [-0.2, 0) is 5.41 Å². The summed E-state index contributed by atoms with van der Waals surface area (Å²) in [6.07, 6.45) is 1.11. The van der Waals surface area contributed by atoms with Gasteiger partial charge in [0.05, 0.1) is 0 Å². The molecule has 1 unspecified atom stereocenters. The summed E-state index contributed by atoms with van der Waals surface area (Å²) >= 11 is 5.91. The number of hydrogen-bond acceptors (Lipinski definition) is 1. The first kappa shape index (κ1) is 15.2. The molecule has 1 aromatic rings. The second-order valence-electron chi connectivity index (χ2n) is 6.39. The number of carbonyl (C=O) groups excluding carboxylic acids is 1. The average Bonchev–Trinajstić information content (AvgIpc) is 2.83. The molecule has 0 aromatic heterocycles. The molecule has 1 aliphatic rings. The van der Waals surface area contributed by atoms with Crippen LogP contribution in [-0.4, -0.2) is 30.6 Å². The number of nitrogens with zero attached hydrogens (tertiary/aromatic N) is 1. The summed E-state index contributed by atoms with van der Waals surface area (Å²) in [5.41, 5.74) is 1.07. The Hall–Kier alpha value is -1.22. The van der Waals surface area contributed by atoms with Gasteiger partial charge in [-0.05, 0) is 30.0 Å². The molecule has 0 aliphatic carbocycles. The monoisotopic (exact) mass is 294 g/mol. The highest BCUT2D eigenvalue weighted by atomic mass is 35.5. The number of likely N-dealkylation sites (tertiary alicyclic amines) is 1. The fourth-order valence-electron chi connectivity index (χ4n) is 2.53. The summed E-state index contributed by atoms with van der Waals surface area (Å²) in [4.78, 5) is 14.0. The lowest BCUT2D eigenvalue weighted by Gasteiger charge is -2.27. The quantitative estimate of drug-likeness (QED) is 0.906. The van der Waals surface area contributed by atoms with Gasteiger partial charge in [-0.2, -0.15) is 0 Å². The minimum absolute atomic E-state index is 0.0522. The first-order valence-corrected chi connectivity index (χ1v) is 7.55. The van der Waals surface area contributed by atoms with Crippen LogP contribution in [0.5, 0.6) is 0 Å². The van der Waals surface area contributed by atoms with Gasteiger partial charge >= 0.3 is 6.03 Å². The van der Waals surface area contributed by atoms with Crippen LogP contribution in [0.15, 0.2) is 24.3 Å². The Morgan fingerprint density at radius 2 is 2.05 bits per heavy atom. The smallest absolute Gasteiger partial charge is 0.317 e. The summed E-state index contributed by atoms with van der Waals surface area (Å²) in [5, 5.41) is 3.79. The second kappa shape index (κ2) is 6.04. The van der Waals surface area contributed by atoms with Crippen LogP contribution in [0.1, 0.15) is 32.8 Å². The largest absolute Gasteiger partial charge is 0.337 e. The molecule has 0 radical (unpaired) electrons. The third kappa shape index (κ3) is 3.66. The van der Waals surface area contributed by atoms with Crippen molar-refractivity contribution < 1.29 is 4.79 Å². The number of hydrogen-bond donors (Lipinski definition) is 1. The van der Waals surface area contributed by atoms with Crippen LogP contribution in [0.4, 0.5) is 4.79 Å². The van der Waals surface area contributed by atoms with Crippen molar-refractivity contribution in [2.75, 3.05) is 19.6 Å². The number of nitrogens with one attached hydrogen (secondary N) is 1. The zero-order valence-electron chi connectivity index (χ0n) is 12.4. The molecule has 2 rings (SSSR count). The zero-order chi connectivity index (χ0) is 14.8. The number of benzene rings is 1. The lowest BCUT2D eigenvalue weighted by atomic mass is 9.85. The normalized spacial score (nSPS) is 19.2. The fourth-order valence-corrected chi connectivity index (χ4v) is 2.66. The van der Waals surface area contributed by atoms with Crippen molar-refractivity contribution in [3.8, 4) is 0 Å². The summed E-state index contributed by atoms with van der Waals surface area (Å²) in [6.45, 7) is 8.80. The van der Waals surface area contributed by atoms with E-state index in [1.54, 1.807) is 0 Å². The Balaban J connectivity index is 1.91. The van der Waals surface area contributed by atoms with Crippen LogP contribution < -0.4 is 5.32 Å². The van der Waals surface area contributed by atoms with E-state index in [9.17, 15) is 4.79 Å². The molecule has 3 nitrogen and oxygen atoms in total. The van der Waals surface area contributed by atoms with E-state index in [0.717, 1.165) is 24.5 Å². The Morgan fingerprint density at radius 1 is 1.40 bits per heavy atom. The number of rotatable bonds is 3. The zero-order valence-corrected chi connectivity index (χ0v) is 13.2. The van der Waals surface area contributed by atoms with Crippen molar-refractivity contribution >= 4 is 17.6 Å². The van der Waals surface area contributed by atoms with Gasteiger partial charge in [-0.25, -0.2) is 4.79 Å². The summed E-state index contributed by atoms with van der Waals surface area (Å²) in [5.74, 6) is 0.616. The van der Waals surface area contributed by atoms with Gasteiger partial charge in [0.1, 0.15) is 0 Å². The van der Waals surface area contributed by atoms with E-state index in [1.807, 2.05) is 29.2 Å². The van der Waals surface area contributed by atoms with Crippen LogP contribution >= 0.6 is 11.6 Å². The molecule has 1 heterocycles. The van der Waals surface area contributed by atoms with Gasteiger partial charge in [0.15, 0.2) is 0 Å². The van der Waals surface area contributed by atoms with Gasteiger partial charge in [0.2, 0.25) is 0 Å². The van der Waals surface area contributed by atoms with Crippen molar-refractivity contribution in [1.29, 1.82) is 0 Å². The average molecular weight is 295 g/mol. The lowest BCUT2D eigenvalue weighted by Crippen LogP contribution is -2.43. The predicted octanol–water partition coefficient (Wildman–Crippen LogP) is 3.67. The maximum absolute atomic E-state index is 12.1. The molecule has 1 fully saturated rings. The van der Waals surface area contributed by atoms with Gasteiger partial charge in [0.25, 0.3) is 0 Å². The highest BCUT2D eigenvalue weighted by Crippen LogP contribution is 2.24. The van der Waals surface area contributed by atoms with E-state index in [4.69, 9.17) is 11.6 Å². The second-order valence-corrected chi connectivity index (χ2v) is 6.83. The highest BCUT2D eigenvalue weighted by Gasteiger charge is 2.26. The third-order valence-electron chi connectivity index (χ3n) is 4.02. The minimum Gasteiger partial charge on any atom is -0.337 e. The van der Waals surface area contributed by atoms with Crippen molar-refractivity contribution in [1.82, 2.24) is 10.2 Å². The molecule has 0 bridgehead atoms. The number of carbonyl (C=O) groups is 1. The van der Waals surface area contributed by atoms with E-state index < -0.39 is 0 Å².